The van der Waals surface area contributed by atoms with E-state index in [1.807, 2.05) is 17.0 Å². The third-order valence-corrected chi connectivity index (χ3v) is 6.16. The van der Waals surface area contributed by atoms with Gasteiger partial charge in [-0.25, -0.2) is 0 Å². The van der Waals surface area contributed by atoms with Gasteiger partial charge in [0, 0.05) is 25.9 Å². The van der Waals surface area contributed by atoms with Gasteiger partial charge in [0.25, 0.3) is 5.91 Å². The monoisotopic (exact) mass is 440 g/mol. The van der Waals surface area contributed by atoms with Crippen molar-refractivity contribution >= 4 is 11.8 Å². The van der Waals surface area contributed by atoms with Gasteiger partial charge in [0.05, 0.1) is 39.9 Å². The predicted molar refractivity (Wildman–Crippen MR) is 118 cm³/mol. The number of hydrogen-bond donors (Lipinski definition) is 1. The molecule has 0 aliphatic carbocycles. The lowest BCUT2D eigenvalue weighted by atomic mass is 9.90. The quantitative estimate of drug-likeness (QED) is 0.769. The van der Waals surface area contributed by atoms with Crippen molar-refractivity contribution in [2.24, 2.45) is 0 Å². The van der Waals surface area contributed by atoms with Crippen LogP contribution in [0.3, 0.4) is 0 Å². The molecule has 1 N–H and O–H groups in total. The number of nitrogens with zero attached hydrogens (tertiary/aromatic N) is 1. The summed E-state index contributed by atoms with van der Waals surface area (Å²) < 4.78 is 22.2. The molecule has 1 spiro atoms. The molecule has 2 aromatic carbocycles. The zero-order valence-corrected chi connectivity index (χ0v) is 18.6. The lowest BCUT2D eigenvalue weighted by Gasteiger charge is -2.41. The van der Waals surface area contributed by atoms with Crippen LogP contribution in [0.1, 0.15) is 28.8 Å². The molecule has 2 amide bonds. The van der Waals surface area contributed by atoms with E-state index < -0.39 is 5.60 Å². The third kappa shape index (κ3) is 4.30. The molecule has 2 aliphatic heterocycles. The largest absolute Gasteiger partial charge is 0.497 e. The average molecular weight is 440 g/mol. The van der Waals surface area contributed by atoms with Crippen molar-refractivity contribution < 1.29 is 28.5 Å². The van der Waals surface area contributed by atoms with Crippen molar-refractivity contribution in [3.05, 3.63) is 47.5 Å². The fourth-order valence-corrected chi connectivity index (χ4v) is 4.23. The van der Waals surface area contributed by atoms with Crippen LogP contribution in [-0.2, 0) is 11.2 Å². The summed E-state index contributed by atoms with van der Waals surface area (Å²) in [5.41, 5.74) is 0.803. The van der Waals surface area contributed by atoms with E-state index in [0.717, 1.165) is 5.56 Å². The van der Waals surface area contributed by atoms with Gasteiger partial charge in [0.15, 0.2) is 11.5 Å². The van der Waals surface area contributed by atoms with E-state index in [9.17, 15) is 9.59 Å². The number of amides is 2. The van der Waals surface area contributed by atoms with Crippen LogP contribution in [0.15, 0.2) is 36.4 Å². The van der Waals surface area contributed by atoms with Gasteiger partial charge in [-0.3, -0.25) is 9.59 Å². The molecule has 32 heavy (non-hydrogen) atoms. The molecule has 2 aliphatic rings. The van der Waals surface area contributed by atoms with Crippen molar-refractivity contribution in [2.45, 2.75) is 24.9 Å². The Labute approximate surface area is 187 Å². The fourth-order valence-electron chi connectivity index (χ4n) is 4.23. The average Bonchev–Trinajstić information content (AvgIpc) is 2.95. The summed E-state index contributed by atoms with van der Waals surface area (Å²) in [6.07, 6.45) is 1.56. The zero-order valence-electron chi connectivity index (χ0n) is 18.6. The summed E-state index contributed by atoms with van der Waals surface area (Å²) in [7, 11) is 4.72. The Morgan fingerprint density at radius 1 is 1.03 bits per heavy atom. The van der Waals surface area contributed by atoms with Crippen LogP contribution in [-0.4, -0.2) is 63.3 Å². The van der Waals surface area contributed by atoms with Crippen molar-refractivity contribution in [2.75, 3.05) is 41.0 Å². The Balaban J connectivity index is 1.42. The van der Waals surface area contributed by atoms with Gasteiger partial charge in [-0.15, -0.1) is 0 Å². The highest BCUT2D eigenvalue weighted by Crippen LogP contribution is 2.35. The predicted octanol–water partition coefficient (Wildman–Crippen LogP) is 2.44. The van der Waals surface area contributed by atoms with Gasteiger partial charge in [0.2, 0.25) is 5.91 Å². The van der Waals surface area contributed by atoms with E-state index in [4.69, 9.17) is 18.9 Å². The first-order valence-corrected chi connectivity index (χ1v) is 10.6. The van der Waals surface area contributed by atoms with Crippen LogP contribution in [0.2, 0.25) is 0 Å². The van der Waals surface area contributed by atoms with Crippen LogP contribution < -0.4 is 24.3 Å². The van der Waals surface area contributed by atoms with Crippen molar-refractivity contribution in [1.29, 1.82) is 0 Å². The molecule has 8 heteroatoms. The number of carbonyl (C=O) groups is 2. The number of benzene rings is 2. The van der Waals surface area contributed by atoms with E-state index in [1.165, 1.54) is 0 Å². The number of carbonyl (C=O) groups excluding carboxylic acids is 2. The second kappa shape index (κ2) is 8.98. The van der Waals surface area contributed by atoms with Gasteiger partial charge in [-0.1, -0.05) is 6.07 Å². The first-order valence-electron chi connectivity index (χ1n) is 10.6. The van der Waals surface area contributed by atoms with Gasteiger partial charge in [-0.05, 0) is 35.9 Å². The molecule has 0 atom stereocenters. The summed E-state index contributed by atoms with van der Waals surface area (Å²) in [6.45, 7) is 1.53. The molecule has 0 radical (unpaired) electrons. The summed E-state index contributed by atoms with van der Waals surface area (Å²) in [4.78, 5) is 27.3. The maximum absolute atomic E-state index is 12.9. The van der Waals surface area contributed by atoms with Crippen LogP contribution in [0.5, 0.6) is 23.0 Å². The van der Waals surface area contributed by atoms with Crippen molar-refractivity contribution in [3.8, 4) is 23.0 Å². The lowest BCUT2D eigenvalue weighted by Crippen LogP contribution is -2.54. The smallest absolute Gasteiger partial charge is 0.255 e. The second-order valence-corrected chi connectivity index (χ2v) is 8.08. The van der Waals surface area contributed by atoms with E-state index >= 15 is 0 Å². The number of methoxy groups -OCH3 is 3. The normalized spacial score (nSPS) is 17.0. The van der Waals surface area contributed by atoms with Crippen LogP contribution >= 0.6 is 0 Å². The number of likely N-dealkylation sites (tertiary alicyclic amines) is 1. The van der Waals surface area contributed by atoms with Crippen LogP contribution in [0.4, 0.5) is 0 Å². The number of hydrogen-bond acceptors (Lipinski definition) is 6. The molecule has 8 nitrogen and oxygen atoms in total. The molecular weight excluding hydrogens is 412 g/mol. The molecule has 0 aromatic heterocycles. The van der Waals surface area contributed by atoms with E-state index in [0.29, 0.717) is 61.0 Å². The molecule has 2 aromatic rings. The minimum absolute atomic E-state index is 0.0508. The highest BCUT2D eigenvalue weighted by molar-refractivity contribution is 5.97. The number of rotatable bonds is 5. The maximum Gasteiger partial charge on any atom is 0.255 e. The highest BCUT2D eigenvalue weighted by atomic mass is 16.5. The molecule has 0 saturated carbocycles. The minimum atomic E-state index is -0.532. The summed E-state index contributed by atoms with van der Waals surface area (Å²) in [5, 5.41) is 2.97. The molecule has 170 valence electrons. The topological polar surface area (TPSA) is 86.3 Å². The molecule has 4 rings (SSSR count). The Morgan fingerprint density at radius 2 is 1.78 bits per heavy atom. The minimum Gasteiger partial charge on any atom is -0.497 e. The summed E-state index contributed by atoms with van der Waals surface area (Å²) in [5.74, 6) is 2.26. The number of piperidine rings is 1. The molecule has 0 bridgehead atoms. The van der Waals surface area contributed by atoms with Gasteiger partial charge in [-0.2, -0.15) is 0 Å². The number of fused-ring (bicyclic) bond motifs is 1. The number of nitrogens with one attached hydrogen (secondary N) is 1. The van der Waals surface area contributed by atoms with E-state index in [2.05, 4.69) is 5.32 Å². The Kier molecular flexibility index (Phi) is 6.12. The molecule has 2 heterocycles. The Morgan fingerprint density at radius 3 is 2.47 bits per heavy atom. The first-order chi connectivity index (χ1) is 15.5. The fraction of sp³-hybridized carbons (Fsp3) is 0.417. The summed E-state index contributed by atoms with van der Waals surface area (Å²) >= 11 is 0. The molecule has 0 unspecified atom stereocenters. The lowest BCUT2D eigenvalue weighted by molar-refractivity contribution is -0.133. The Hall–Kier alpha value is -3.42. The molecule has 1 fully saturated rings. The third-order valence-electron chi connectivity index (χ3n) is 6.16. The van der Waals surface area contributed by atoms with E-state index in [1.54, 1.807) is 45.6 Å². The molecular formula is C24H28N2O6. The SMILES string of the molecule is COc1ccc2c(c1)C(=O)NCC1(CCN(C(=O)Cc3ccc(OC)c(OC)c3)CC1)O2. The van der Waals surface area contributed by atoms with Crippen LogP contribution in [0.25, 0.3) is 0 Å². The van der Waals surface area contributed by atoms with Crippen molar-refractivity contribution in [3.63, 3.8) is 0 Å². The summed E-state index contributed by atoms with van der Waals surface area (Å²) in [6, 6.07) is 10.8. The second-order valence-electron chi connectivity index (χ2n) is 8.08. The van der Waals surface area contributed by atoms with Gasteiger partial charge < -0.3 is 29.2 Å². The highest BCUT2D eigenvalue weighted by Gasteiger charge is 2.41. The number of ether oxygens (including phenoxy) is 4. The standard InChI is InChI=1S/C24H28N2O6/c1-29-17-5-7-19-18(14-17)23(28)25-15-24(32-19)8-10-26(11-9-24)22(27)13-16-4-6-20(30-2)21(12-16)31-3/h4-7,12,14H,8-11,13,15H2,1-3H3,(H,25,28). The van der Waals surface area contributed by atoms with Crippen LogP contribution in [0, 0.1) is 0 Å². The first kappa shape index (κ1) is 21.8. The van der Waals surface area contributed by atoms with Gasteiger partial charge >= 0.3 is 0 Å². The van der Waals surface area contributed by atoms with Gasteiger partial charge in [0.1, 0.15) is 17.1 Å². The Bertz CT molecular complexity index is 1010. The van der Waals surface area contributed by atoms with Crippen molar-refractivity contribution in [1.82, 2.24) is 10.2 Å². The molecule has 1 saturated heterocycles. The zero-order chi connectivity index (χ0) is 22.7. The van der Waals surface area contributed by atoms with E-state index in [-0.39, 0.29) is 18.2 Å². The maximum atomic E-state index is 12.9.